The predicted octanol–water partition coefficient (Wildman–Crippen LogP) is 8.06. The van der Waals surface area contributed by atoms with E-state index in [1.165, 1.54) is 0 Å². The maximum absolute atomic E-state index is 13.2. The van der Waals surface area contributed by atoms with E-state index in [0.29, 0.717) is 5.69 Å². The lowest BCUT2D eigenvalue weighted by atomic mass is 9.77. The molecule has 0 unspecified atom stereocenters. The summed E-state index contributed by atoms with van der Waals surface area (Å²) in [6.07, 6.45) is 7.65. The molecule has 0 fully saturated rings. The fraction of sp³-hybridized carbons (Fsp3) is 0.0833. The summed E-state index contributed by atoms with van der Waals surface area (Å²) in [5.74, 6) is 0.0316. The summed E-state index contributed by atoms with van der Waals surface area (Å²) in [5, 5.41) is 0. The first-order valence-electron chi connectivity index (χ1n) is 13.7. The number of rotatable bonds is 6. The van der Waals surface area contributed by atoms with Crippen molar-refractivity contribution in [2.24, 2.45) is 0 Å². The Morgan fingerprint density at radius 2 is 1.29 bits per heavy atom. The molecule has 2 aromatic heterocycles. The predicted molar refractivity (Wildman–Crippen MR) is 165 cm³/mol. The van der Waals surface area contributed by atoms with Crippen LogP contribution in [0.4, 0.5) is 0 Å². The molecule has 2 heterocycles. The Hall–Kier alpha value is -4.87. The summed E-state index contributed by atoms with van der Waals surface area (Å²) in [7, 11) is 0. The zero-order valence-electron chi connectivity index (χ0n) is 22.4. The molecule has 0 bridgehead atoms. The van der Waals surface area contributed by atoms with E-state index in [1.807, 2.05) is 24.5 Å². The third-order valence-electron chi connectivity index (χ3n) is 7.88. The van der Waals surface area contributed by atoms with Crippen LogP contribution < -0.4 is 0 Å². The van der Waals surface area contributed by atoms with E-state index in [-0.39, 0.29) is 5.78 Å². The van der Waals surface area contributed by atoms with Crippen LogP contribution in [0.5, 0.6) is 0 Å². The average Bonchev–Trinajstić information content (AvgIpc) is 3.72. The number of fused-ring (bicyclic) bond motifs is 1. The quantitative estimate of drug-likeness (QED) is 0.156. The number of Topliss-reactive ketones (excluding diaryl/α,β-unsaturated/α-hetero) is 1. The average molecular weight is 550 g/mol. The van der Waals surface area contributed by atoms with Crippen molar-refractivity contribution >= 4 is 23.2 Å². The number of hydrogen-bond acceptors (Lipinski definition) is 4. The topological polar surface area (TPSA) is 47.8 Å². The fourth-order valence-corrected chi connectivity index (χ4v) is 6.72. The summed E-state index contributed by atoms with van der Waals surface area (Å²) in [4.78, 5) is 23.6. The number of imidazole rings is 1. The molecule has 41 heavy (non-hydrogen) atoms. The number of carbonyl (C=O) groups excluding carboxylic acids is 1. The van der Waals surface area contributed by atoms with Gasteiger partial charge in [-0.15, -0.1) is 11.3 Å². The van der Waals surface area contributed by atoms with Gasteiger partial charge in [0.1, 0.15) is 11.2 Å². The third-order valence-corrected chi connectivity index (χ3v) is 8.77. The smallest absolute Gasteiger partial charge is 0.208 e. The molecule has 6 aromatic rings. The monoisotopic (exact) mass is 549 g/mol. The second-order valence-electron chi connectivity index (χ2n) is 10.2. The van der Waals surface area contributed by atoms with Crippen LogP contribution in [0.2, 0.25) is 0 Å². The highest BCUT2D eigenvalue weighted by atomic mass is 32.1. The Balaban J connectivity index is 1.39. The van der Waals surface area contributed by atoms with Gasteiger partial charge in [-0.2, -0.15) is 0 Å². The number of benzene rings is 4. The number of hydrogen-bond donors (Lipinski definition) is 0. The van der Waals surface area contributed by atoms with E-state index in [2.05, 4.69) is 119 Å². The summed E-state index contributed by atoms with van der Waals surface area (Å²) >= 11 is 1.56. The molecular weight excluding hydrogens is 522 g/mol. The Bertz CT molecular complexity index is 1760. The lowest BCUT2D eigenvalue weighted by Gasteiger charge is -2.37. The Morgan fingerprint density at radius 3 is 1.93 bits per heavy atom. The van der Waals surface area contributed by atoms with Crippen LogP contribution in [0, 0.1) is 0 Å². The third kappa shape index (κ3) is 4.35. The molecule has 0 N–H and O–H groups in total. The normalized spacial score (nSPS) is 14.2. The first kappa shape index (κ1) is 25.1. The standard InChI is InChI=1S/C36H27N3OS/c40-35-27(20-21-33-34(35)38-25-41-33)22-26-12-10-11-19-31(26)32-23-39(24-37-32)36(28-13-4-1-5-14-28,29-15-6-2-7-16-29)30-17-8-3-9-18-30/h1-19,22-25H,20-21H2. The Kier molecular flexibility index (Phi) is 6.50. The molecule has 0 amide bonds. The van der Waals surface area contributed by atoms with Gasteiger partial charge in [-0.25, -0.2) is 9.97 Å². The highest BCUT2D eigenvalue weighted by Crippen LogP contribution is 2.41. The van der Waals surface area contributed by atoms with E-state index < -0.39 is 5.54 Å². The zero-order valence-corrected chi connectivity index (χ0v) is 23.2. The van der Waals surface area contributed by atoms with E-state index in [9.17, 15) is 4.79 Å². The van der Waals surface area contributed by atoms with Gasteiger partial charge in [0.15, 0.2) is 0 Å². The van der Waals surface area contributed by atoms with Gasteiger partial charge in [-0.05, 0) is 41.2 Å². The van der Waals surface area contributed by atoms with Crippen LogP contribution in [0.3, 0.4) is 0 Å². The van der Waals surface area contributed by atoms with Crippen LogP contribution in [0.1, 0.15) is 44.0 Å². The molecule has 0 saturated heterocycles. The summed E-state index contributed by atoms with van der Waals surface area (Å²) < 4.78 is 2.22. The molecule has 0 aliphatic heterocycles. The SMILES string of the molecule is O=C1C(=Cc2ccccc2-c2cn(C(c3ccccc3)(c3ccccc3)c3ccccc3)cn2)CCc2scnc21. The van der Waals surface area contributed by atoms with Gasteiger partial charge < -0.3 is 4.57 Å². The summed E-state index contributed by atoms with van der Waals surface area (Å²) in [6.45, 7) is 0. The van der Waals surface area contributed by atoms with Gasteiger partial charge in [-0.1, -0.05) is 115 Å². The molecule has 0 saturated carbocycles. The van der Waals surface area contributed by atoms with Gasteiger partial charge in [0.25, 0.3) is 0 Å². The number of thiazole rings is 1. The van der Waals surface area contributed by atoms with Crippen molar-refractivity contribution in [2.75, 3.05) is 0 Å². The fourth-order valence-electron chi connectivity index (χ4n) is 5.96. The maximum Gasteiger partial charge on any atom is 0.208 e. The number of aromatic nitrogens is 3. The van der Waals surface area contributed by atoms with Crippen molar-refractivity contribution in [3.63, 3.8) is 0 Å². The molecule has 7 rings (SSSR count). The van der Waals surface area contributed by atoms with Crippen LogP contribution in [-0.2, 0) is 12.0 Å². The van der Waals surface area contributed by atoms with Crippen LogP contribution in [0.25, 0.3) is 17.3 Å². The number of aryl methyl sites for hydroxylation is 1. The van der Waals surface area contributed by atoms with E-state index in [0.717, 1.165) is 56.8 Å². The molecule has 4 nitrogen and oxygen atoms in total. The van der Waals surface area contributed by atoms with Crippen molar-refractivity contribution in [2.45, 2.75) is 18.4 Å². The van der Waals surface area contributed by atoms with Crippen molar-refractivity contribution < 1.29 is 4.79 Å². The van der Waals surface area contributed by atoms with E-state index in [1.54, 1.807) is 16.8 Å². The van der Waals surface area contributed by atoms with Crippen LogP contribution in [0.15, 0.2) is 139 Å². The summed E-state index contributed by atoms with van der Waals surface area (Å²) in [5.41, 5.74) is 8.77. The van der Waals surface area contributed by atoms with Gasteiger partial charge in [0.2, 0.25) is 5.78 Å². The minimum Gasteiger partial charge on any atom is -0.318 e. The van der Waals surface area contributed by atoms with Crippen LogP contribution in [-0.4, -0.2) is 20.3 Å². The number of nitrogens with zero attached hydrogens (tertiary/aromatic N) is 3. The molecule has 1 aliphatic carbocycles. The van der Waals surface area contributed by atoms with Gasteiger partial charge in [0.05, 0.1) is 17.5 Å². The molecular formula is C36H27N3OS. The molecule has 0 atom stereocenters. The first-order chi connectivity index (χ1) is 20.2. The van der Waals surface area contributed by atoms with E-state index >= 15 is 0 Å². The molecule has 1 aliphatic rings. The molecule has 198 valence electrons. The Morgan fingerprint density at radius 1 is 0.707 bits per heavy atom. The zero-order chi connectivity index (χ0) is 27.6. The first-order valence-corrected chi connectivity index (χ1v) is 14.6. The van der Waals surface area contributed by atoms with E-state index in [4.69, 9.17) is 4.98 Å². The lowest BCUT2D eigenvalue weighted by Crippen LogP contribution is -2.36. The minimum atomic E-state index is -0.636. The largest absolute Gasteiger partial charge is 0.318 e. The van der Waals surface area contributed by atoms with Crippen molar-refractivity contribution in [1.29, 1.82) is 0 Å². The molecule has 5 heteroatoms. The van der Waals surface area contributed by atoms with Crippen molar-refractivity contribution in [1.82, 2.24) is 14.5 Å². The maximum atomic E-state index is 13.2. The lowest BCUT2D eigenvalue weighted by molar-refractivity contribution is 0.102. The number of carbonyl (C=O) groups is 1. The highest BCUT2D eigenvalue weighted by molar-refractivity contribution is 7.10. The highest BCUT2D eigenvalue weighted by Gasteiger charge is 2.38. The molecule has 0 spiro atoms. The van der Waals surface area contributed by atoms with Gasteiger partial charge >= 0.3 is 0 Å². The Labute approximate surface area is 243 Å². The van der Waals surface area contributed by atoms with Gasteiger partial charge in [0, 0.05) is 22.2 Å². The number of allylic oxidation sites excluding steroid dienone is 1. The molecule has 0 radical (unpaired) electrons. The number of ketones is 1. The summed E-state index contributed by atoms with van der Waals surface area (Å²) in [6, 6.07) is 39.9. The second-order valence-corrected chi connectivity index (χ2v) is 11.1. The second kappa shape index (κ2) is 10.6. The van der Waals surface area contributed by atoms with Crippen molar-refractivity contribution in [3.05, 3.63) is 172 Å². The van der Waals surface area contributed by atoms with Crippen molar-refractivity contribution in [3.8, 4) is 11.3 Å². The molecule has 4 aromatic carbocycles. The minimum absolute atomic E-state index is 0.0316. The van der Waals surface area contributed by atoms with Gasteiger partial charge in [-0.3, -0.25) is 4.79 Å². The van der Waals surface area contributed by atoms with Crippen LogP contribution >= 0.6 is 11.3 Å².